The Hall–Kier alpha value is -4.94. The Bertz CT molecular complexity index is 1530. The van der Waals surface area contributed by atoms with E-state index in [0.29, 0.717) is 5.56 Å². The van der Waals surface area contributed by atoms with Gasteiger partial charge in [0.1, 0.15) is 30.2 Å². The first kappa shape index (κ1) is 27.6. The number of pyridine rings is 2. The predicted octanol–water partition coefficient (Wildman–Crippen LogP) is 3.20. The molecule has 2 aromatic heterocycles. The second-order valence-corrected chi connectivity index (χ2v) is 10.0. The van der Waals surface area contributed by atoms with Crippen LogP contribution < -0.4 is 15.1 Å². The molecule has 0 bridgehead atoms. The maximum Gasteiger partial charge on any atom is 0.252 e. The topological polar surface area (TPSA) is 146 Å². The smallest absolute Gasteiger partial charge is 0.252 e. The maximum atomic E-state index is 14.5. The van der Waals surface area contributed by atoms with E-state index in [9.17, 15) is 34.0 Å². The first-order valence-electron chi connectivity index (χ1n) is 12.9. The Morgan fingerprint density at radius 2 is 1.80 bits per heavy atom. The first-order valence-corrected chi connectivity index (χ1v) is 12.9. The minimum Gasteiger partial charge on any atom is -0.374 e. The van der Waals surface area contributed by atoms with Crippen LogP contribution in [0.4, 0.5) is 20.3 Å². The van der Waals surface area contributed by atoms with E-state index >= 15 is 0 Å². The number of aromatic nitrogens is 2. The summed E-state index contributed by atoms with van der Waals surface area (Å²) in [6, 6.07) is 13.6. The van der Waals surface area contributed by atoms with Crippen molar-refractivity contribution in [3.8, 4) is 12.1 Å². The molecule has 2 N–H and O–H groups in total. The highest BCUT2D eigenvalue weighted by Gasteiger charge is 2.48. The summed E-state index contributed by atoms with van der Waals surface area (Å²) < 4.78 is 27.2. The van der Waals surface area contributed by atoms with Crippen molar-refractivity contribution >= 4 is 23.3 Å². The molecule has 1 saturated heterocycles. The van der Waals surface area contributed by atoms with Crippen LogP contribution in [0.1, 0.15) is 48.4 Å². The van der Waals surface area contributed by atoms with Crippen LogP contribution in [-0.4, -0.2) is 51.1 Å². The molecule has 2 fully saturated rings. The molecule has 1 aliphatic heterocycles. The van der Waals surface area contributed by atoms with Gasteiger partial charge in [-0.2, -0.15) is 10.5 Å². The summed E-state index contributed by atoms with van der Waals surface area (Å²) in [5, 5.41) is 32.4. The molecule has 2 aliphatic rings. The summed E-state index contributed by atoms with van der Waals surface area (Å²) >= 11 is 0. The van der Waals surface area contributed by atoms with Gasteiger partial charge in [0, 0.05) is 31.3 Å². The van der Waals surface area contributed by atoms with Gasteiger partial charge in [-0.3, -0.25) is 19.5 Å². The van der Waals surface area contributed by atoms with E-state index in [2.05, 4.69) is 15.3 Å². The van der Waals surface area contributed by atoms with Gasteiger partial charge in [0.05, 0.1) is 29.1 Å². The standard InChI is InChI=1S/C29H25F2N7O3/c30-29(31)12-21(13-29)36-27(40)26(20-4-2-1-3-5-20)37(22-10-19(15-33)16-34-17-22)28(41)23-6-7-25(39)38(23)24-11-18(14-32)8-9-35-24/h1-5,8-11,16-17,21,23,25-26,39H,6-7,12-13H2,(H,36,40)/t23-,25?,26-/m0/s1. The minimum absolute atomic E-state index is 0.136. The monoisotopic (exact) mass is 557 g/mol. The number of carbonyl (C=O) groups is 2. The molecule has 1 aliphatic carbocycles. The van der Waals surface area contributed by atoms with Crippen molar-refractivity contribution in [1.29, 1.82) is 10.5 Å². The number of halogens is 2. The van der Waals surface area contributed by atoms with Gasteiger partial charge < -0.3 is 15.3 Å². The molecule has 1 saturated carbocycles. The second kappa shape index (κ2) is 11.3. The lowest BCUT2D eigenvalue weighted by molar-refractivity contribution is -0.133. The number of hydrogen-bond donors (Lipinski definition) is 2. The first-order chi connectivity index (χ1) is 19.7. The van der Waals surface area contributed by atoms with Gasteiger partial charge >= 0.3 is 0 Å². The van der Waals surface area contributed by atoms with Crippen molar-refractivity contribution in [2.45, 2.75) is 56.0 Å². The van der Waals surface area contributed by atoms with Crippen molar-refractivity contribution in [3.63, 3.8) is 0 Å². The van der Waals surface area contributed by atoms with Gasteiger partial charge in [0.25, 0.3) is 11.8 Å². The number of alkyl halides is 2. The lowest BCUT2D eigenvalue weighted by Gasteiger charge is -2.39. The number of anilines is 2. The van der Waals surface area contributed by atoms with Crippen molar-refractivity contribution < 1.29 is 23.5 Å². The third kappa shape index (κ3) is 5.69. The zero-order valence-corrected chi connectivity index (χ0v) is 21.7. The van der Waals surface area contributed by atoms with Crippen molar-refractivity contribution in [2.24, 2.45) is 0 Å². The molecule has 10 nitrogen and oxygen atoms in total. The van der Waals surface area contributed by atoms with Crippen LogP contribution >= 0.6 is 0 Å². The summed E-state index contributed by atoms with van der Waals surface area (Å²) in [6.07, 6.45) is 2.32. The fourth-order valence-corrected chi connectivity index (χ4v) is 5.26. The highest BCUT2D eigenvalue weighted by molar-refractivity contribution is 6.05. The molecule has 1 aromatic carbocycles. The highest BCUT2D eigenvalue weighted by Crippen LogP contribution is 2.39. The Morgan fingerprint density at radius 1 is 1.07 bits per heavy atom. The number of amides is 2. The van der Waals surface area contributed by atoms with Crippen LogP contribution in [-0.2, 0) is 9.59 Å². The van der Waals surface area contributed by atoms with Crippen LogP contribution in [0.2, 0.25) is 0 Å². The van der Waals surface area contributed by atoms with Gasteiger partial charge in [-0.05, 0) is 36.6 Å². The largest absolute Gasteiger partial charge is 0.374 e. The summed E-state index contributed by atoms with van der Waals surface area (Å²) in [5.41, 5.74) is 0.957. The van der Waals surface area contributed by atoms with Gasteiger partial charge in [-0.15, -0.1) is 0 Å². The molecule has 1 unspecified atom stereocenters. The number of aliphatic hydroxyl groups is 1. The summed E-state index contributed by atoms with van der Waals surface area (Å²) in [5.74, 6) is -3.95. The van der Waals surface area contributed by atoms with Crippen LogP contribution in [0.25, 0.3) is 0 Å². The van der Waals surface area contributed by atoms with Gasteiger partial charge in [-0.25, -0.2) is 13.8 Å². The fourth-order valence-electron chi connectivity index (χ4n) is 5.26. The number of nitriles is 2. The van der Waals surface area contributed by atoms with Gasteiger partial charge in [-0.1, -0.05) is 30.3 Å². The summed E-state index contributed by atoms with van der Waals surface area (Å²) in [7, 11) is 0. The second-order valence-electron chi connectivity index (χ2n) is 10.0. The Kier molecular flexibility index (Phi) is 7.60. The van der Waals surface area contributed by atoms with Crippen molar-refractivity contribution in [3.05, 3.63) is 83.8 Å². The quantitative estimate of drug-likeness (QED) is 0.450. The number of aliphatic hydroxyl groups excluding tert-OH is 1. The Labute approximate surface area is 234 Å². The minimum atomic E-state index is -2.87. The fraction of sp³-hybridized carbons (Fsp3) is 0.310. The molecule has 41 heavy (non-hydrogen) atoms. The zero-order valence-electron chi connectivity index (χ0n) is 21.7. The van der Waals surface area contributed by atoms with Gasteiger partial charge in [0.15, 0.2) is 0 Å². The Balaban J connectivity index is 1.59. The summed E-state index contributed by atoms with van der Waals surface area (Å²) in [6.45, 7) is 0. The molecule has 0 spiro atoms. The molecular weight excluding hydrogens is 532 g/mol. The van der Waals surface area contributed by atoms with E-state index in [1.807, 2.05) is 12.1 Å². The van der Waals surface area contributed by atoms with E-state index in [-0.39, 0.29) is 35.5 Å². The molecule has 3 heterocycles. The zero-order chi connectivity index (χ0) is 29.1. The third-order valence-corrected chi connectivity index (χ3v) is 7.21. The van der Waals surface area contributed by atoms with Crippen LogP contribution in [0, 0.1) is 22.7 Å². The van der Waals surface area contributed by atoms with Crippen LogP contribution in [0.15, 0.2) is 67.1 Å². The molecule has 12 heteroatoms. The molecule has 0 radical (unpaired) electrons. The number of benzene rings is 1. The van der Waals surface area contributed by atoms with E-state index in [4.69, 9.17) is 0 Å². The van der Waals surface area contributed by atoms with Crippen molar-refractivity contribution in [2.75, 3.05) is 9.80 Å². The van der Waals surface area contributed by atoms with E-state index in [1.54, 1.807) is 30.3 Å². The normalized spacial score (nSPS) is 20.3. The molecule has 3 aromatic rings. The average Bonchev–Trinajstić information content (AvgIpc) is 3.36. The number of nitrogens with one attached hydrogen (secondary N) is 1. The highest BCUT2D eigenvalue weighted by atomic mass is 19.3. The van der Waals surface area contributed by atoms with E-state index < -0.39 is 54.9 Å². The SMILES string of the molecule is N#Cc1cncc(N(C(=O)[C@@H]2CCC(O)N2c2cc(C#N)ccn2)[C@H](C(=O)NC2CC(F)(F)C2)c2ccccc2)c1. The number of nitrogens with zero attached hydrogens (tertiary/aromatic N) is 6. The number of rotatable bonds is 7. The Morgan fingerprint density at radius 3 is 2.49 bits per heavy atom. The predicted molar refractivity (Wildman–Crippen MR) is 142 cm³/mol. The summed E-state index contributed by atoms with van der Waals surface area (Å²) in [4.78, 5) is 39.2. The number of hydrogen-bond acceptors (Lipinski definition) is 8. The number of carbonyl (C=O) groups excluding carboxylic acids is 2. The molecule has 2 amide bonds. The van der Waals surface area contributed by atoms with E-state index in [1.165, 1.54) is 46.6 Å². The molecular formula is C29H25F2N7O3. The third-order valence-electron chi connectivity index (χ3n) is 7.21. The lowest BCUT2D eigenvalue weighted by Crippen LogP contribution is -2.56. The average molecular weight is 558 g/mol. The van der Waals surface area contributed by atoms with Crippen LogP contribution in [0.3, 0.4) is 0 Å². The maximum absolute atomic E-state index is 14.5. The molecule has 208 valence electrons. The lowest BCUT2D eigenvalue weighted by atomic mass is 9.87. The van der Waals surface area contributed by atoms with Gasteiger partial charge in [0.2, 0.25) is 5.91 Å². The van der Waals surface area contributed by atoms with E-state index in [0.717, 1.165) is 0 Å². The molecule has 5 rings (SSSR count). The van der Waals surface area contributed by atoms with Crippen molar-refractivity contribution in [1.82, 2.24) is 15.3 Å². The van der Waals surface area contributed by atoms with Crippen LogP contribution in [0.5, 0.6) is 0 Å². The molecule has 3 atom stereocenters.